The average Bonchev–Trinajstić information content (AvgIpc) is 2.82. The third-order valence-electron chi connectivity index (χ3n) is 3.24. The highest BCUT2D eigenvalue weighted by Gasteiger charge is 2.18. The number of carbonyl (C=O) groups excluding carboxylic acids is 1. The summed E-state index contributed by atoms with van der Waals surface area (Å²) in [5, 5.41) is 0. The van der Waals surface area contributed by atoms with Gasteiger partial charge in [0.05, 0.1) is 11.4 Å². The van der Waals surface area contributed by atoms with Gasteiger partial charge in [-0.25, -0.2) is 8.42 Å². The van der Waals surface area contributed by atoms with Gasteiger partial charge in [0.1, 0.15) is 5.76 Å². The van der Waals surface area contributed by atoms with Crippen molar-refractivity contribution in [3.05, 3.63) is 51.9 Å². The second-order valence-corrected chi connectivity index (χ2v) is 7.91. The summed E-state index contributed by atoms with van der Waals surface area (Å²) in [5.74, 6) is 0.384. The fourth-order valence-electron chi connectivity index (χ4n) is 2.01. The van der Waals surface area contributed by atoms with Gasteiger partial charge in [-0.05, 0) is 52.7 Å². The molecule has 0 saturated carbocycles. The van der Waals surface area contributed by atoms with E-state index in [0.717, 1.165) is 11.8 Å². The number of carbonyl (C=O) groups is 1. The van der Waals surface area contributed by atoms with E-state index in [0.29, 0.717) is 22.5 Å². The van der Waals surface area contributed by atoms with Gasteiger partial charge in [-0.3, -0.25) is 4.79 Å². The Morgan fingerprint density at radius 1 is 1.27 bits per heavy atom. The monoisotopic (exact) mass is 385 g/mol. The molecule has 118 valence electrons. The number of hydrogen-bond donors (Lipinski definition) is 0. The fourth-order valence-corrected chi connectivity index (χ4v) is 3.00. The summed E-state index contributed by atoms with van der Waals surface area (Å²) < 4.78 is 29.2. The van der Waals surface area contributed by atoms with Crippen LogP contribution in [0.3, 0.4) is 0 Å². The van der Waals surface area contributed by atoms with E-state index in [-0.39, 0.29) is 10.8 Å². The van der Waals surface area contributed by atoms with E-state index in [1.54, 1.807) is 32.2 Å². The van der Waals surface area contributed by atoms with Gasteiger partial charge in [0.2, 0.25) is 0 Å². The Balaban J connectivity index is 2.28. The van der Waals surface area contributed by atoms with Crippen molar-refractivity contribution in [3.63, 3.8) is 0 Å². The molecule has 0 aliphatic rings. The van der Waals surface area contributed by atoms with E-state index in [9.17, 15) is 13.2 Å². The zero-order chi connectivity index (χ0) is 16.5. The maximum Gasteiger partial charge on any atom is 0.254 e. The van der Waals surface area contributed by atoms with Crippen LogP contribution in [0.25, 0.3) is 0 Å². The molecule has 0 spiro atoms. The van der Waals surface area contributed by atoms with Crippen LogP contribution in [0.4, 0.5) is 0 Å². The van der Waals surface area contributed by atoms with Gasteiger partial charge in [0.15, 0.2) is 14.5 Å². The summed E-state index contributed by atoms with van der Waals surface area (Å²) in [6.45, 7) is 2.07. The van der Waals surface area contributed by atoms with Crippen LogP contribution in [0.1, 0.15) is 21.7 Å². The van der Waals surface area contributed by atoms with Crippen molar-refractivity contribution in [1.82, 2.24) is 4.90 Å². The molecule has 0 aliphatic carbocycles. The predicted molar refractivity (Wildman–Crippen MR) is 86.5 cm³/mol. The smallest absolute Gasteiger partial charge is 0.254 e. The van der Waals surface area contributed by atoms with Crippen molar-refractivity contribution in [1.29, 1.82) is 0 Å². The number of rotatable bonds is 4. The maximum absolute atomic E-state index is 12.5. The first kappa shape index (κ1) is 16.8. The Labute approximate surface area is 138 Å². The largest absolute Gasteiger partial charge is 0.452 e. The lowest BCUT2D eigenvalue weighted by molar-refractivity contribution is 0.0774. The number of halogens is 1. The van der Waals surface area contributed by atoms with Crippen molar-refractivity contribution in [2.45, 2.75) is 18.4 Å². The van der Waals surface area contributed by atoms with Gasteiger partial charge >= 0.3 is 0 Å². The van der Waals surface area contributed by atoms with Crippen molar-refractivity contribution in [2.75, 3.05) is 13.3 Å². The molecule has 0 bridgehead atoms. The minimum Gasteiger partial charge on any atom is -0.452 e. The zero-order valence-corrected chi connectivity index (χ0v) is 14.9. The number of furan rings is 1. The zero-order valence-electron chi connectivity index (χ0n) is 12.5. The normalized spacial score (nSPS) is 11.5. The molecule has 1 heterocycles. The first-order chi connectivity index (χ1) is 10.2. The minimum atomic E-state index is -3.35. The molecule has 7 heteroatoms. The molecule has 0 saturated heterocycles. The minimum absolute atomic E-state index is 0.135. The second-order valence-electron chi connectivity index (χ2n) is 5.12. The van der Waals surface area contributed by atoms with E-state index >= 15 is 0 Å². The van der Waals surface area contributed by atoms with Crippen LogP contribution in [-0.2, 0) is 16.4 Å². The van der Waals surface area contributed by atoms with Crippen LogP contribution in [-0.4, -0.2) is 32.5 Å². The predicted octanol–water partition coefficient (Wildman–Crippen LogP) is 3.03. The summed E-state index contributed by atoms with van der Waals surface area (Å²) in [6.07, 6.45) is 1.12. The first-order valence-electron chi connectivity index (χ1n) is 6.49. The van der Waals surface area contributed by atoms with Crippen molar-refractivity contribution < 1.29 is 17.6 Å². The standard InChI is InChI=1S/C15H16BrNO4S/c1-10-4-6-12(22(3,19)20)8-13(10)15(18)17(2)9-11-5-7-14(16)21-11/h4-8H,9H2,1-3H3. The molecule has 2 aromatic rings. The molecule has 1 amide bonds. The maximum atomic E-state index is 12.5. The summed E-state index contributed by atoms with van der Waals surface area (Å²) in [6, 6.07) is 8.09. The van der Waals surface area contributed by atoms with Crippen LogP contribution >= 0.6 is 15.9 Å². The highest BCUT2D eigenvalue weighted by molar-refractivity contribution is 9.10. The molecule has 0 radical (unpaired) electrons. The molecule has 0 aliphatic heterocycles. The van der Waals surface area contributed by atoms with Crippen LogP contribution in [0, 0.1) is 6.92 Å². The summed E-state index contributed by atoms with van der Waals surface area (Å²) in [5.41, 5.74) is 1.10. The molecule has 0 atom stereocenters. The van der Waals surface area contributed by atoms with Crippen molar-refractivity contribution in [3.8, 4) is 0 Å². The van der Waals surface area contributed by atoms with Gasteiger partial charge in [0, 0.05) is 18.9 Å². The van der Waals surface area contributed by atoms with Gasteiger partial charge in [0.25, 0.3) is 5.91 Å². The number of sulfone groups is 1. The van der Waals surface area contributed by atoms with Crippen molar-refractivity contribution in [2.24, 2.45) is 0 Å². The third-order valence-corrected chi connectivity index (χ3v) is 4.77. The van der Waals surface area contributed by atoms with E-state index < -0.39 is 9.84 Å². The van der Waals surface area contributed by atoms with Gasteiger partial charge in [-0.1, -0.05) is 6.07 Å². The topological polar surface area (TPSA) is 67.6 Å². The lowest BCUT2D eigenvalue weighted by atomic mass is 10.1. The third kappa shape index (κ3) is 3.78. The van der Waals surface area contributed by atoms with Gasteiger partial charge < -0.3 is 9.32 Å². The average molecular weight is 386 g/mol. The van der Waals surface area contributed by atoms with Gasteiger partial charge in [-0.15, -0.1) is 0 Å². The Bertz CT molecular complexity index is 811. The lowest BCUT2D eigenvalue weighted by Gasteiger charge is -2.17. The van der Waals surface area contributed by atoms with E-state index in [1.165, 1.54) is 17.0 Å². The fraction of sp³-hybridized carbons (Fsp3) is 0.267. The number of benzene rings is 1. The Kier molecular flexibility index (Phi) is 4.77. The Morgan fingerprint density at radius 2 is 1.95 bits per heavy atom. The lowest BCUT2D eigenvalue weighted by Crippen LogP contribution is -2.26. The van der Waals surface area contributed by atoms with Crippen LogP contribution < -0.4 is 0 Å². The number of amides is 1. The van der Waals surface area contributed by atoms with Crippen LogP contribution in [0.2, 0.25) is 0 Å². The molecule has 1 aromatic heterocycles. The molecule has 5 nitrogen and oxygen atoms in total. The molecule has 22 heavy (non-hydrogen) atoms. The highest BCUT2D eigenvalue weighted by Crippen LogP contribution is 2.19. The van der Waals surface area contributed by atoms with Crippen LogP contribution in [0.15, 0.2) is 44.3 Å². The summed E-state index contributed by atoms with van der Waals surface area (Å²) >= 11 is 3.21. The van der Waals surface area contributed by atoms with E-state index in [2.05, 4.69) is 15.9 Å². The quantitative estimate of drug-likeness (QED) is 0.810. The van der Waals surface area contributed by atoms with Crippen LogP contribution in [0.5, 0.6) is 0 Å². The van der Waals surface area contributed by atoms with E-state index in [1.807, 2.05) is 0 Å². The number of aryl methyl sites for hydroxylation is 1. The second kappa shape index (κ2) is 6.26. The Hall–Kier alpha value is -1.60. The van der Waals surface area contributed by atoms with E-state index in [4.69, 9.17) is 4.42 Å². The molecular formula is C15H16BrNO4S. The molecule has 0 N–H and O–H groups in total. The molecule has 2 rings (SSSR count). The molecule has 1 aromatic carbocycles. The molecule has 0 unspecified atom stereocenters. The number of nitrogens with zero attached hydrogens (tertiary/aromatic N) is 1. The first-order valence-corrected chi connectivity index (χ1v) is 9.17. The van der Waals surface area contributed by atoms with Gasteiger partial charge in [-0.2, -0.15) is 0 Å². The number of hydrogen-bond acceptors (Lipinski definition) is 4. The summed E-state index contributed by atoms with van der Waals surface area (Å²) in [4.78, 5) is 14.2. The Morgan fingerprint density at radius 3 is 2.50 bits per heavy atom. The van der Waals surface area contributed by atoms with Crippen molar-refractivity contribution >= 4 is 31.7 Å². The highest BCUT2D eigenvalue weighted by atomic mass is 79.9. The molecule has 0 fully saturated rings. The SMILES string of the molecule is Cc1ccc(S(C)(=O)=O)cc1C(=O)N(C)Cc1ccc(Br)o1. The molecular weight excluding hydrogens is 370 g/mol. The summed E-state index contributed by atoms with van der Waals surface area (Å²) in [7, 11) is -1.71.